The van der Waals surface area contributed by atoms with Crippen LogP contribution in [0.15, 0.2) is 80.7 Å². The van der Waals surface area contributed by atoms with Gasteiger partial charge in [0.2, 0.25) is 10.6 Å². The second kappa shape index (κ2) is 10.4. The second-order valence-corrected chi connectivity index (χ2v) is 9.03. The van der Waals surface area contributed by atoms with Crippen LogP contribution < -0.4 is 14.2 Å². The predicted molar refractivity (Wildman–Crippen MR) is 144 cm³/mol. The molecule has 5 rings (SSSR count). The first-order chi connectivity index (χ1) is 17.6. The summed E-state index contributed by atoms with van der Waals surface area (Å²) in [5, 5.41) is 12.5. The molecule has 0 aliphatic carbocycles. The lowest BCUT2D eigenvalue weighted by Gasteiger charge is -2.11. The van der Waals surface area contributed by atoms with Gasteiger partial charge in [-0.1, -0.05) is 40.2 Å². The summed E-state index contributed by atoms with van der Waals surface area (Å²) in [5.41, 5.74) is 2.47. The third-order valence-corrected chi connectivity index (χ3v) is 6.21. The number of hydrogen-bond acceptors (Lipinski definition) is 7. The number of benzene rings is 3. The minimum Gasteiger partial charge on any atom is -0.493 e. The van der Waals surface area contributed by atoms with Crippen LogP contribution in [-0.4, -0.2) is 35.3 Å². The fraction of sp³-hybridized carbons (Fsp3) is 0.115. The average molecular weight is 565 g/mol. The number of furan rings is 1. The van der Waals surface area contributed by atoms with E-state index in [9.17, 15) is 0 Å². The van der Waals surface area contributed by atoms with E-state index in [0.717, 1.165) is 21.0 Å². The molecule has 0 fully saturated rings. The minimum atomic E-state index is 0.329. The van der Waals surface area contributed by atoms with E-state index in [-0.39, 0.29) is 0 Å². The normalized spacial score (nSPS) is 11.3. The molecule has 10 heteroatoms. The SMILES string of the molecule is COc1cc(/C=N\n2c(-c3cc4cccc(OC)c4o3)n[nH]c2=S)ccc1OCc1ccc(Br)cc1. The van der Waals surface area contributed by atoms with Crippen molar-refractivity contribution in [1.82, 2.24) is 14.9 Å². The van der Waals surface area contributed by atoms with Gasteiger partial charge in [-0.3, -0.25) is 0 Å². The zero-order valence-corrected chi connectivity index (χ0v) is 21.8. The summed E-state index contributed by atoms with van der Waals surface area (Å²) in [5.74, 6) is 2.81. The Morgan fingerprint density at radius 2 is 1.83 bits per heavy atom. The summed E-state index contributed by atoms with van der Waals surface area (Å²) in [4.78, 5) is 0. The van der Waals surface area contributed by atoms with Crippen molar-refractivity contribution in [2.45, 2.75) is 6.61 Å². The quantitative estimate of drug-likeness (QED) is 0.169. The molecule has 3 aromatic carbocycles. The first-order valence-electron chi connectivity index (χ1n) is 10.9. The highest BCUT2D eigenvalue weighted by Crippen LogP contribution is 2.33. The summed E-state index contributed by atoms with van der Waals surface area (Å²) in [7, 11) is 3.20. The highest BCUT2D eigenvalue weighted by atomic mass is 79.9. The van der Waals surface area contributed by atoms with Crippen LogP contribution in [0.3, 0.4) is 0 Å². The van der Waals surface area contributed by atoms with Crippen molar-refractivity contribution in [2.24, 2.45) is 5.10 Å². The molecule has 2 aromatic heterocycles. The van der Waals surface area contributed by atoms with Gasteiger partial charge in [0.15, 0.2) is 28.6 Å². The van der Waals surface area contributed by atoms with Crippen LogP contribution in [-0.2, 0) is 6.61 Å². The number of ether oxygens (including phenoxy) is 3. The molecule has 0 aliphatic rings. The Bertz CT molecular complexity index is 1600. The van der Waals surface area contributed by atoms with Gasteiger partial charge < -0.3 is 18.6 Å². The van der Waals surface area contributed by atoms with E-state index in [1.54, 1.807) is 20.4 Å². The molecule has 2 heterocycles. The van der Waals surface area contributed by atoms with E-state index in [1.165, 1.54) is 4.68 Å². The zero-order chi connectivity index (χ0) is 25.1. The first kappa shape index (κ1) is 23.8. The Morgan fingerprint density at radius 1 is 1.03 bits per heavy atom. The Kier molecular flexibility index (Phi) is 6.88. The van der Waals surface area contributed by atoms with Crippen molar-refractivity contribution in [1.29, 1.82) is 0 Å². The molecule has 0 saturated carbocycles. The maximum absolute atomic E-state index is 6.02. The lowest BCUT2D eigenvalue weighted by Crippen LogP contribution is -1.99. The molecule has 182 valence electrons. The molecule has 0 atom stereocenters. The summed E-state index contributed by atoms with van der Waals surface area (Å²) >= 11 is 8.83. The van der Waals surface area contributed by atoms with Crippen molar-refractivity contribution in [3.63, 3.8) is 0 Å². The molecule has 0 bridgehead atoms. The van der Waals surface area contributed by atoms with E-state index in [1.807, 2.05) is 66.7 Å². The number of nitrogens with one attached hydrogen (secondary N) is 1. The van der Waals surface area contributed by atoms with Crippen molar-refractivity contribution in [3.8, 4) is 28.8 Å². The number of para-hydroxylation sites is 1. The molecule has 36 heavy (non-hydrogen) atoms. The van der Waals surface area contributed by atoms with Gasteiger partial charge in [0.25, 0.3) is 0 Å². The Morgan fingerprint density at radius 3 is 2.61 bits per heavy atom. The number of methoxy groups -OCH3 is 2. The Balaban J connectivity index is 1.39. The molecule has 0 spiro atoms. The van der Waals surface area contributed by atoms with Gasteiger partial charge in [-0.15, -0.1) is 5.10 Å². The van der Waals surface area contributed by atoms with E-state index in [0.29, 0.717) is 45.8 Å². The van der Waals surface area contributed by atoms with Crippen molar-refractivity contribution in [3.05, 3.63) is 87.1 Å². The third-order valence-electron chi connectivity index (χ3n) is 5.42. The number of aromatic nitrogens is 3. The van der Waals surface area contributed by atoms with Gasteiger partial charge in [0.05, 0.1) is 20.4 Å². The molecular weight excluding hydrogens is 544 g/mol. The summed E-state index contributed by atoms with van der Waals surface area (Å²) < 4.78 is 25.8. The van der Waals surface area contributed by atoms with E-state index in [4.69, 9.17) is 30.8 Å². The number of H-pyrrole nitrogens is 1. The first-order valence-corrected chi connectivity index (χ1v) is 12.1. The largest absolute Gasteiger partial charge is 0.493 e. The van der Waals surface area contributed by atoms with E-state index in [2.05, 4.69) is 31.2 Å². The fourth-order valence-corrected chi connectivity index (χ4v) is 4.06. The molecule has 0 amide bonds. The van der Waals surface area contributed by atoms with Gasteiger partial charge in [-0.25, -0.2) is 5.10 Å². The van der Waals surface area contributed by atoms with Gasteiger partial charge in [-0.2, -0.15) is 9.78 Å². The number of nitrogens with zero attached hydrogens (tertiary/aromatic N) is 3. The second-order valence-electron chi connectivity index (χ2n) is 7.72. The molecule has 0 aliphatic heterocycles. The van der Waals surface area contributed by atoms with Gasteiger partial charge in [0, 0.05) is 9.86 Å². The van der Waals surface area contributed by atoms with Crippen molar-refractivity contribution < 1.29 is 18.6 Å². The zero-order valence-electron chi connectivity index (χ0n) is 19.4. The lowest BCUT2D eigenvalue weighted by molar-refractivity contribution is 0.284. The maximum Gasteiger partial charge on any atom is 0.219 e. The van der Waals surface area contributed by atoms with Crippen LogP contribution >= 0.6 is 28.1 Å². The highest BCUT2D eigenvalue weighted by Gasteiger charge is 2.16. The van der Waals surface area contributed by atoms with Crippen LogP contribution in [0, 0.1) is 4.77 Å². The standard InChI is InChI=1S/C26H21BrN4O4S/c1-32-21-5-3-4-18-13-23(35-24(18)21)25-29-30-26(36)31(25)28-14-17-8-11-20(22(12-17)33-2)34-15-16-6-9-19(27)10-7-16/h3-14H,15H2,1-2H3,(H,30,36)/b28-14-. The van der Waals surface area contributed by atoms with Crippen LogP contribution in [0.1, 0.15) is 11.1 Å². The number of rotatable bonds is 8. The van der Waals surface area contributed by atoms with Crippen LogP contribution in [0.4, 0.5) is 0 Å². The van der Waals surface area contributed by atoms with E-state index >= 15 is 0 Å². The minimum absolute atomic E-state index is 0.329. The lowest BCUT2D eigenvalue weighted by atomic mass is 10.2. The molecule has 1 N–H and O–H groups in total. The Hall–Kier alpha value is -3.89. The summed E-state index contributed by atoms with van der Waals surface area (Å²) in [6, 6.07) is 21.1. The number of halogens is 1. The predicted octanol–water partition coefficient (Wildman–Crippen LogP) is 6.59. The van der Waals surface area contributed by atoms with Crippen LogP contribution in [0.25, 0.3) is 22.6 Å². The molecular formula is C26H21BrN4O4S. The van der Waals surface area contributed by atoms with Crippen molar-refractivity contribution >= 4 is 45.3 Å². The number of fused-ring (bicyclic) bond motifs is 1. The van der Waals surface area contributed by atoms with Gasteiger partial charge in [-0.05, 0) is 65.8 Å². The van der Waals surface area contributed by atoms with Gasteiger partial charge in [0.1, 0.15) is 6.61 Å². The maximum atomic E-state index is 6.02. The van der Waals surface area contributed by atoms with Gasteiger partial charge >= 0.3 is 0 Å². The fourth-order valence-electron chi connectivity index (χ4n) is 3.62. The third kappa shape index (κ3) is 4.91. The van der Waals surface area contributed by atoms with Crippen LogP contribution in [0.5, 0.6) is 17.2 Å². The monoisotopic (exact) mass is 564 g/mol. The van der Waals surface area contributed by atoms with Crippen molar-refractivity contribution in [2.75, 3.05) is 14.2 Å². The van der Waals surface area contributed by atoms with E-state index < -0.39 is 0 Å². The Labute approximate surface area is 220 Å². The van der Waals surface area contributed by atoms with Crippen LogP contribution in [0.2, 0.25) is 0 Å². The summed E-state index contributed by atoms with van der Waals surface area (Å²) in [6.07, 6.45) is 1.67. The number of aromatic amines is 1. The molecule has 0 radical (unpaired) electrons. The smallest absolute Gasteiger partial charge is 0.219 e. The molecule has 0 unspecified atom stereocenters. The highest BCUT2D eigenvalue weighted by molar-refractivity contribution is 9.10. The molecule has 8 nitrogen and oxygen atoms in total. The summed E-state index contributed by atoms with van der Waals surface area (Å²) in [6.45, 7) is 0.424. The topological polar surface area (TPSA) is 86.8 Å². The molecule has 5 aromatic rings. The average Bonchev–Trinajstić information content (AvgIpc) is 3.50. The number of hydrogen-bond donors (Lipinski definition) is 1. The molecule has 0 saturated heterocycles.